The van der Waals surface area contributed by atoms with E-state index in [1.165, 1.54) is 0 Å². The first kappa shape index (κ1) is 15.3. The molecule has 1 N–H and O–H groups in total. The zero-order valence-corrected chi connectivity index (χ0v) is 12.6. The molecule has 0 aromatic rings. The van der Waals surface area contributed by atoms with Crippen molar-refractivity contribution in [3.63, 3.8) is 0 Å². The van der Waals surface area contributed by atoms with Crippen LogP contribution in [0.4, 0.5) is 0 Å². The van der Waals surface area contributed by atoms with Gasteiger partial charge in [0, 0.05) is 25.6 Å². The molecule has 2 saturated heterocycles. The van der Waals surface area contributed by atoms with Gasteiger partial charge in [0.15, 0.2) is 9.84 Å². The summed E-state index contributed by atoms with van der Waals surface area (Å²) in [7, 11) is -3.01. The first-order chi connectivity index (χ1) is 9.43. The lowest BCUT2D eigenvalue weighted by atomic mass is 10.1. The highest BCUT2D eigenvalue weighted by atomic mass is 32.2. The number of carbonyl (C=O) groups excluding carboxylic acids is 2. The molecule has 2 fully saturated rings. The van der Waals surface area contributed by atoms with Crippen LogP contribution in [0.3, 0.4) is 0 Å². The first-order valence-corrected chi connectivity index (χ1v) is 9.02. The Hall–Kier alpha value is -1.11. The van der Waals surface area contributed by atoms with E-state index in [0.717, 1.165) is 12.8 Å². The molecular formula is C13H22N2O4S. The second-order valence-corrected chi connectivity index (χ2v) is 7.88. The van der Waals surface area contributed by atoms with Crippen molar-refractivity contribution in [2.45, 2.75) is 38.6 Å². The van der Waals surface area contributed by atoms with Crippen LogP contribution in [0.1, 0.15) is 32.6 Å². The van der Waals surface area contributed by atoms with Gasteiger partial charge in [0.2, 0.25) is 11.8 Å². The largest absolute Gasteiger partial charge is 0.356 e. The van der Waals surface area contributed by atoms with Crippen molar-refractivity contribution in [3.8, 4) is 0 Å². The molecular weight excluding hydrogens is 280 g/mol. The first-order valence-electron chi connectivity index (χ1n) is 7.20. The molecule has 7 heteroatoms. The van der Waals surface area contributed by atoms with Crippen LogP contribution in [0.2, 0.25) is 0 Å². The standard InChI is InChI=1S/C13H22N2O4S/c1-2-3-5-14-13(17)10-7-12(16)15(8-10)11-4-6-20(18,19)9-11/h10-11H,2-9H2,1H3,(H,14,17). The number of rotatable bonds is 5. The van der Waals surface area contributed by atoms with Crippen LogP contribution in [-0.2, 0) is 19.4 Å². The van der Waals surface area contributed by atoms with Gasteiger partial charge in [0.1, 0.15) is 0 Å². The molecule has 2 unspecified atom stereocenters. The Labute approximate surface area is 119 Å². The number of hydrogen-bond acceptors (Lipinski definition) is 4. The van der Waals surface area contributed by atoms with E-state index in [9.17, 15) is 18.0 Å². The minimum Gasteiger partial charge on any atom is -0.356 e. The third-order valence-corrected chi connectivity index (χ3v) is 5.76. The highest BCUT2D eigenvalue weighted by Gasteiger charge is 2.41. The third kappa shape index (κ3) is 3.50. The molecule has 0 aliphatic carbocycles. The van der Waals surface area contributed by atoms with E-state index in [2.05, 4.69) is 5.32 Å². The summed E-state index contributed by atoms with van der Waals surface area (Å²) in [6.07, 6.45) is 2.64. The SMILES string of the molecule is CCCCNC(=O)C1CC(=O)N(C2CCS(=O)(=O)C2)C1. The fourth-order valence-corrected chi connectivity index (χ4v) is 4.54. The van der Waals surface area contributed by atoms with Crippen LogP contribution >= 0.6 is 0 Å². The van der Waals surface area contributed by atoms with Crippen molar-refractivity contribution < 1.29 is 18.0 Å². The summed E-state index contributed by atoms with van der Waals surface area (Å²) in [4.78, 5) is 25.5. The van der Waals surface area contributed by atoms with Crippen molar-refractivity contribution in [1.29, 1.82) is 0 Å². The maximum atomic E-state index is 12.0. The predicted octanol–water partition coefficient (Wildman–Crippen LogP) is -0.0617. The molecule has 2 amide bonds. The molecule has 0 radical (unpaired) electrons. The molecule has 2 aliphatic heterocycles. The minimum absolute atomic E-state index is 0.0446. The molecule has 2 atom stereocenters. The van der Waals surface area contributed by atoms with Crippen molar-refractivity contribution in [2.24, 2.45) is 5.92 Å². The van der Waals surface area contributed by atoms with Gasteiger partial charge >= 0.3 is 0 Å². The van der Waals surface area contributed by atoms with Crippen LogP contribution in [0.15, 0.2) is 0 Å². The van der Waals surface area contributed by atoms with E-state index in [1.54, 1.807) is 4.90 Å². The van der Waals surface area contributed by atoms with E-state index in [1.807, 2.05) is 6.92 Å². The summed E-state index contributed by atoms with van der Waals surface area (Å²) in [5.74, 6) is -0.321. The molecule has 2 heterocycles. The second-order valence-electron chi connectivity index (χ2n) is 5.65. The smallest absolute Gasteiger partial charge is 0.225 e. The van der Waals surface area contributed by atoms with Gasteiger partial charge in [-0.05, 0) is 12.8 Å². The minimum atomic E-state index is -3.01. The Morgan fingerprint density at radius 3 is 2.80 bits per heavy atom. The zero-order valence-electron chi connectivity index (χ0n) is 11.8. The van der Waals surface area contributed by atoms with Gasteiger partial charge in [0.25, 0.3) is 0 Å². The molecule has 0 spiro atoms. The number of amides is 2. The van der Waals surface area contributed by atoms with Crippen LogP contribution in [0.25, 0.3) is 0 Å². The quantitative estimate of drug-likeness (QED) is 0.721. The molecule has 0 aromatic carbocycles. The van der Waals surface area contributed by atoms with Crippen molar-refractivity contribution in [2.75, 3.05) is 24.6 Å². The summed E-state index contributed by atoms with van der Waals surface area (Å²) in [5.41, 5.74) is 0. The van der Waals surface area contributed by atoms with E-state index >= 15 is 0 Å². The number of carbonyl (C=O) groups is 2. The predicted molar refractivity (Wildman–Crippen MR) is 74.8 cm³/mol. The molecule has 2 rings (SSSR count). The van der Waals surface area contributed by atoms with Gasteiger partial charge in [-0.1, -0.05) is 13.3 Å². The Bertz CT molecular complexity index is 489. The Morgan fingerprint density at radius 1 is 1.45 bits per heavy atom. The number of nitrogens with one attached hydrogen (secondary N) is 1. The van der Waals surface area contributed by atoms with Crippen LogP contribution < -0.4 is 5.32 Å². The lowest BCUT2D eigenvalue weighted by Gasteiger charge is -2.22. The molecule has 0 aromatic heterocycles. The fraction of sp³-hybridized carbons (Fsp3) is 0.846. The van der Waals surface area contributed by atoms with Crippen molar-refractivity contribution in [1.82, 2.24) is 10.2 Å². The summed E-state index contributed by atoms with van der Waals surface area (Å²) in [6, 6.07) is -0.235. The van der Waals surface area contributed by atoms with E-state index in [4.69, 9.17) is 0 Å². The monoisotopic (exact) mass is 302 g/mol. The fourth-order valence-electron chi connectivity index (χ4n) is 2.81. The normalized spacial score (nSPS) is 28.9. The molecule has 114 valence electrons. The lowest BCUT2D eigenvalue weighted by Crippen LogP contribution is -2.39. The van der Waals surface area contributed by atoms with Gasteiger partial charge in [-0.2, -0.15) is 0 Å². The Kier molecular flexibility index (Phi) is 4.67. The summed E-state index contributed by atoms with van der Waals surface area (Å²) in [6.45, 7) is 3.04. The van der Waals surface area contributed by atoms with E-state index < -0.39 is 9.84 Å². The lowest BCUT2D eigenvalue weighted by molar-refractivity contribution is -0.130. The molecule has 6 nitrogen and oxygen atoms in total. The van der Waals surface area contributed by atoms with Crippen molar-refractivity contribution >= 4 is 21.7 Å². The third-order valence-electron chi connectivity index (χ3n) is 4.01. The molecule has 2 aliphatic rings. The highest BCUT2D eigenvalue weighted by molar-refractivity contribution is 7.91. The zero-order chi connectivity index (χ0) is 14.8. The molecule has 0 bridgehead atoms. The summed E-state index contributed by atoms with van der Waals surface area (Å²) < 4.78 is 23.0. The number of sulfone groups is 1. The van der Waals surface area contributed by atoms with Crippen LogP contribution in [0.5, 0.6) is 0 Å². The highest BCUT2D eigenvalue weighted by Crippen LogP contribution is 2.26. The maximum absolute atomic E-state index is 12.0. The Morgan fingerprint density at radius 2 is 2.20 bits per heavy atom. The summed E-state index contributed by atoms with van der Waals surface area (Å²) in [5, 5.41) is 2.84. The number of nitrogens with zero attached hydrogens (tertiary/aromatic N) is 1. The van der Waals surface area contributed by atoms with Crippen molar-refractivity contribution in [3.05, 3.63) is 0 Å². The van der Waals surface area contributed by atoms with Gasteiger partial charge in [-0.15, -0.1) is 0 Å². The summed E-state index contributed by atoms with van der Waals surface area (Å²) >= 11 is 0. The Balaban J connectivity index is 1.89. The van der Waals surface area contributed by atoms with Crippen LogP contribution in [-0.4, -0.2) is 55.8 Å². The van der Waals surface area contributed by atoms with Gasteiger partial charge < -0.3 is 10.2 Å². The average molecular weight is 302 g/mol. The number of unbranched alkanes of at least 4 members (excludes halogenated alkanes) is 1. The molecule has 0 saturated carbocycles. The number of hydrogen-bond donors (Lipinski definition) is 1. The average Bonchev–Trinajstić information content (AvgIpc) is 2.92. The van der Waals surface area contributed by atoms with Gasteiger partial charge in [0.05, 0.1) is 17.4 Å². The number of likely N-dealkylation sites (tertiary alicyclic amines) is 1. The van der Waals surface area contributed by atoms with E-state index in [0.29, 0.717) is 19.5 Å². The van der Waals surface area contributed by atoms with E-state index in [-0.39, 0.29) is 41.7 Å². The maximum Gasteiger partial charge on any atom is 0.225 e. The van der Waals surface area contributed by atoms with Gasteiger partial charge in [-0.3, -0.25) is 9.59 Å². The van der Waals surface area contributed by atoms with Gasteiger partial charge in [-0.25, -0.2) is 8.42 Å². The molecule has 20 heavy (non-hydrogen) atoms. The van der Waals surface area contributed by atoms with Crippen LogP contribution in [0, 0.1) is 5.92 Å². The second kappa shape index (κ2) is 6.11. The topological polar surface area (TPSA) is 83.6 Å².